The average molecular weight is 351 g/mol. The van der Waals surface area contributed by atoms with Crippen LogP contribution in [0.3, 0.4) is 0 Å². The molecule has 0 aliphatic rings. The summed E-state index contributed by atoms with van der Waals surface area (Å²) in [5, 5.41) is 0. The van der Waals surface area contributed by atoms with Crippen molar-refractivity contribution in [2.24, 2.45) is 5.73 Å². The minimum Gasteiger partial charge on any atom is -0.326 e. The van der Waals surface area contributed by atoms with Crippen LogP contribution in [0.5, 0.6) is 0 Å². The second kappa shape index (κ2) is 7.16. The highest BCUT2D eigenvalue weighted by Crippen LogP contribution is 2.29. The molecule has 0 radical (unpaired) electrons. The molecule has 0 aliphatic carbocycles. The summed E-state index contributed by atoms with van der Waals surface area (Å²) >= 11 is 3.60. The molecule has 0 aliphatic heterocycles. The molecule has 2 aromatic carbocycles. The average Bonchev–Trinajstić information content (AvgIpc) is 2.43. The van der Waals surface area contributed by atoms with Crippen LogP contribution >= 0.6 is 15.9 Å². The molecule has 0 spiro atoms. The number of hydrogen-bond donors (Lipinski definition) is 1. The van der Waals surface area contributed by atoms with Gasteiger partial charge in [-0.3, -0.25) is 4.90 Å². The lowest BCUT2D eigenvalue weighted by Crippen LogP contribution is -2.37. The maximum absolute atomic E-state index is 13.0. The summed E-state index contributed by atoms with van der Waals surface area (Å²) in [6.45, 7) is 2.72. The lowest BCUT2D eigenvalue weighted by Gasteiger charge is -2.32. The van der Waals surface area contributed by atoms with Gasteiger partial charge < -0.3 is 5.73 Å². The number of likely N-dealkylation sites (N-methyl/N-ethyl adjacent to an activating group) is 1. The molecule has 2 aromatic rings. The molecule has 0 amide bonds. The van der Waals surface area contributed by atoms with Crippen LogP contribution in [0.25, 0.3) is 0 Å². The first-order valence-electron chi connectivity index (χ1n) is 6.93. The van der Waals surface area contributed by atoms with E-state index in [1.54, 1.807) is 0 Å². The Kier molecular flexibility index (Phi) is 5.51. The molecule has 0 heterocycles. The van der Waals surface area contributed by atoms with Gasteiger partial charge in [0, 0.05) is 17.1 Å². The maximum Gasteiger partial charge on any atom is 0.123 e. The van der Waals surface area contributed by atoms with Crippen molar-refractivity contribution in [3.63, 3.8) is 0 Å². The molecule has 2 N–H and O–H groups in total. The summed E-state index contributed by atoms with van der Waals surface area (Å²) < 4.78 is 14.0. The standard InChI is InChI=1S/C17H20BrFN2/c1-12(20)17(15-5-3-4-6-16(15)18)21(2)11-13-7-9-14(19)10-8-13/h3-10,12,17H,11,20H2,1-2H3. The van der Waals surface area contributed by atoms with E-state index in [2.05, 4.69) is 26.9 Å². The first kappa shape index (κ1) is 16.1. The number of halogens is 2. The van der Waals surface area contributed by atoms with Crippen molar-refractivity contribution in [2.45, 2.75) is 25.6 Å². The molecule has 2 atom stereocenters. The zero-order valence-corrected chi connectivity index (χ0v) is 13.8. The minimum atomic E-state index is -0.212. The van der Waals surface area contributed by atoms with Gasteiger partial charge in [-0.05, 0) is 43.3 Å². The van der Waals surface area contributed by atoms with Gasteiger partial charge in [0.1, 0.15) is 5.82 Å². The van der Waals surface area contributed by atoms with E-state index in [4.69, 9.17) is 5.73 Å². The highest BCUT2D eigenvalue weighted by Gasteiger charge is 2.23. The van der Waals surface area contributed by atoms with Crippen molar-refractivity contribution in [3.05, 3.63) is 69.9 Å². The largest absolute Gasteiger partial charge is 0.326 e. The topological polar surface area (TPSA) is 29.3 Å². The van der Waals surface area contributed by atoms with Gasteiger partial charge in [0.25, 0.3) is 0 Å². The Bertz CT molecular complexity index is 584. The molecule has 4 heteroatoms. The molecular weight excluding hydrogens is 331 g/mol. The molecule has 112 valence electrons. The fraction of sp³-hybridized carbons (Fsp3) is 0.294. The number of rotatable bonds is 5. The quantitative estimate of drug-likeness (QED) is 0.879. The predicted octanol–water partition coefficient (Wildman–Crippen LogP) is 4.11. The summed E-state index contributed by atoms with van der Waals surface area (Å²) in [6.07, 6.45) is 0. The molecule has 0 fully saturated rings. The highest BCUT2D eigenvalue weighted by molar-refractivity contribution is 9.10. The zero-order chi connectivity index (χ0) is 15.4. The van der Waals surface area contributed by atoms with Crippen molar-refractivity contribution in [3.8, 4) is 0 Å². The third-order valence-corrected chi connectivity index (χ3v) is 4.26. The Hall–Kier alpha value is -1.23. The predicted molar refractivity (Wildman–Crippen MR) is 88.4 cm³/mol. The number of nitrogens with zero attached hydrogens (tertiary/aromatic N) is 1. The second-order valence-corrected chi connectivity index (χ2v) is 6.22. The number of hydrogen-bond acceptors (Lipinski definition) is 2. The van der Waals surface area contributed by atoms with Crippen LogP contribution in [0.15, 0.2) is 53.0 Å². The lowest BCUT2D eigenvalue weighted by molar-refractivity contribution is 0.210. The van der Waals surface area contributed by atoms with E-state index < -0.39 is 0 Å². The van der Waals surface area contributed by atoms with Crippen LogP contribution in [-0.4, -0.2) is 18.0 Å². The number of nitrogens with two attached hydrogens (primary N) is 1. The van der Waals surface area contributed by atoms with Crippen LogP contribution in [0.1, 0.15) is 24.1 Å². The molecule has 2 unspecified atom stereocenters. The van der Waals surface area contributed by atoms with Crippen molar-refractivity contribution in [1.29, 1.82) is 0 Å². The van der Waals surface area contributed by atoms with Gasteiger partial charge in [0.2, 0.25) is 0 Å². The van der Waals surface area contributed by atoms with Crippen molar-refractivity contribution >= 4 is 15.9 Å². The number of benzene rings is 2. The van der Waals surface area contributed by atoms with Crippen LogP contribution in [0.4, 0.5) is 4.39 Å². The van der Waals surface area contributed by atoms with Gasteiger partial charge in [0.05, 0.1) is 6.04 Å². The summed E-state index contributed by atoms with van der Waals surface area (Å²) in [5.41, 5.74) is 8.42. The summed E-state index contributed by atoms with van der Waals surface area (Å²) in [5.74, 6) is -0.212. The third-order valence-electron chi connectivity index (χ3n) is 3.54. The smallest absolute Gasteiger partial charge is 0.123 e. The summed E-state index contributed by atoms with van der Waals surface area (Å²) in [4.78, 5) is 2.19. The van der Waals surface area contributed by atoms with E-state index in [0.717, 1.165) is 15.6 Å². The first-order valence-corrected chi connectivity index (χ1v) is 7.73. The van der Waals surface area contributed by atoms with Gasteiger partial charge in [0.15, 0.2) is 0 Å². The lowest BCUT2D eigenvalue weighted by atomic mass is 9.99. The van der Waals surface area contributed by atoms with Crippen molar-refractivity contribution in [2.75, 3.05) is 7.05 Å². The summed E-state index contributed by atoms with van der Waals surface area (Å²) in [6, 6.07) is 14.8. The van der Waals surface area contributed by atoms with Crippen LogP contribution in [0, 0.1) is 5.82 Å². The second-order valence-electron chi connectivity index (χ2n) is 5.37. The van der Waals surface area contributed by atoms with E-state index in [0.29, 0.717) is 6.54 Å². The van der Waals surface area contributed by atoms with Gasteiger partial charge in [-0.25, -0.2) is 4.39 Å². The fourth-order valence-electron chi connectivity index (χ4n) is 2.61. The van der Waals surface area contributed by atoms with Gasteiger partial charge in [-0.1, -0.05) is 46.3 Å². The Labute approximate surface area is 133 Å². The molecule has 0 saturated heterocycles. The highest BCUT2D eigenvalue weighted by atomic mass is 79.9. The fourth-order valence-corrected chi connectivity index (χ4v) is 3.13. The van der Waals surface area contributed by atoms with E-state index in [1.807, 2.05) is 44.3 Å². The Morgan fingerprint density at radius 2 is 1.76 bits per heavy atom. The van der Waals surface area contributed by atoms with Crippen molar-refractivity contribution in [1.82, 2.24) is 4.90 Å². The monoisotopic (exact) mass is 350 g/mol. The van der Waals surface area contributed by atoms with Crippen molar-refractivity contribution < 1.29 is 4.39 Å². The Morgan fingerprint density at radius 3 is 2.33 bits per heavy atom. The zero-order valence-electron chi connectivity index (χ0n) is 12.3. The third kappa shape index (κ3) is 4.13. The molecule has 2 rings (SSSR count). The van der Waals surface area contributed by atoms with E-state index >= 15 is 0 Å². The van der Waals surface area contributed by atoms with Gasteiger partial charge in [-0.15, -0.1) is 0 Å². The van der Waals surface area contributed by atoms with Crippen LogP contribution < -0.4 is 5.73 Å². The molecule has 2 nitrogen and oxygen atoms in total. The van der Waals surface area contributed by atoms with Gasteiger partial charge >= 0.3 is 0 Å². The van der Waals surface area contributed by atoms with Crippen LogP contribution in [0.2, 0.25) is 0 Å². The van der Waals surface area contributed by atoms with Crippen LogP contribution in [-0.2, 0) is 6.54 Å². The molecule has 0 aromatic heterocycles. The molecule has 0 saturated carbocycles. The van der Waals surface area contributed by atoms with E-state index in [9.17, 15) is 4.39 Å². The first-order chi connectivity index (χ1) is 9.99. The summed E-state index contributed by atoms with van der Waals surface area (Å²) in [7, 11) is 2.04. The maximum atomic E-state index is 13.0. The van der Waals surface area contributed by atoms with E-state index in [1.165, 1.54) is 12.1 Å². The molecular formula is C17H20BrFN2. The Morgan fingerprint density at radius 1 is 1.14 bits per heavy atom. The normalized spacial score (nSPS) is 14.2. The van der Waals surface area contributed by atoms with Gasteiger partial charge in [-0.2, -0.15) is 0 Å². The van der Waals surface area contributed by atoms with E-state index in [-0.39, 0.29) is 17.9 Å². The SMILES string of the molecule is CC(N)C(c1ccccc1Br)N(C)Cc1ccc(F)cc1. The molecule has 21 heavy (non-hydrogen) atoms. The Balaban J connectivity index is 2.22. The minimum absolute atomic E-state index is 0.0193. The molecule has 0 bridgehead atoms.